The van der Waals surface area contributed by atoms with Gasteiger partial charge in [0, 0.05) is 24.9 Å². The third-order valence-electron chi connectivity index (χ3n) is 8.78. The van der Waals surface area contributed by atoms with Gasteiger partial charge in [-0.05, 0) is 37.7 Å². The van der Waals surface area contributed by atoms with E-state index in [-0.39, 0.29) is 12.5 Å². The van der Waals surface area contributed by atoms with E-state index in [9.17, 15) is 18.0 Å². The molecule has 196 valence electrons. The summed E-state index contributed by atoms with van der Waals surface area (Å²) in [6, 6.07) is 9.74. The van der Waals surface area contributed by atoms with Crippen molar-refractivity contribution in [2.45, 2.75) is 61.6 Å². The zero-order chi connectivity index (χ0) is 24.9. The van der Waals surface area contributed by atoms with E-state index < -0.39 is 57.0 Å². The second-order valence-corrected chi connectivity index (χ2v) is 12.5. The summed E-state index contributed by atoms with van der Waals surface area (Å²) in [7, 11) is -3.97. The Hall–Kier alpha value is -2.01. The van der Waals surface area contributed by atoms with Crippen molar-refractivity contribution in [1.29, 1.82) is 0 Å². The van der Waals surface area contributed by atoms with Gasteiger partial charge in [-0.25, -0.2) is 0 Å². The van der Waals surface area contributed by atoms with Crippen LogP contribution in [0.3, 0.4) is 0 Å². The molecule has 3 saturated carbocycles. The smallest absolute Gasteiger partial charge is 0.320 e. The van der Waals surface area contributed by atoms with Crippen LogP contribution in [0.4, 0.5) is 0 Å². The average molecular weight is 520 g/mol. The lowest BCUT2D eigenvalue weighted by atomic mass is 9.78. The maximum atomic E-state index is 13.8. The number of morpholine rings is 1. The molecule has 0 N–H and O–H groups in total. The van der Waals surface area contributed by atoms with Crippen molar-refractivity contribution >= 4 is 22.1 Å². The first kappa shape index (κ1) is 24.3. The minimum atomic E-state index is -3.97. The van der Waals surface area contributed by atoms with Crippen molar-refractivity contribution in [3.05, 3.63) is 35.9 Å². The molecule has 0 aromatic heterocycles. The number of hydrogen-bond donors (Lipinski definition) is 0. The number of hydrogen-bond acceptors (Lipinski definition) is 9. The van der Waals surface area contributed by atoms with E-state index in [0.717, 1.165) is 24.8 Å². The van der Waals surface area contributed by atoms with Crippen molar-refractivity contribution in [3.8, 4) is 0 Å². The molecule has 2 heterocycles. The molecule has 2 aliphatic heterocycles. The lowest BCUT2D eigenvalue weighted by Gasteiger charge is -2.39. The molecule has 0 amide bonds. The first-order valence-corrected chi connectivity index (χ1v) is 14.6. The number of rotatable bonds is 6. The van der Waals surface area contributed by atoms with Gasteiger partial charge in [0.1, 0.15) is 23.1 Å². The van der Waals surface area contributed by atoms with Crippen molar-refractivity contribution in [1.82, 2.24) is 4.90 Å². The van der Waals surface area contributed by atoms with Gasteiger partial charge in [0.05, 0.1) is 25.7 Å². The maximum absolute atomic E-state index is 13.8. The molecule has 2 saturated heterocycles. The molecule has 0 radical (unpaired) electrons. The highest BCUT2D eigenvalue weighted by molar-refractivity contribution is 7.87. The number of carbonyl (C=O) groups excluding carboxylic acids is 2. The van der Waals surface area contributed by atoms with E-state index in [0.29, 0.717) is 45.6 Å². The minimum Gasteiger partial charge on any atom is -0.458 e. The van der Waals surface area contributed by atoms with Crippen LogP contribution in [0.5, 0.6) is 0 Å². The number of esters is 2. The van der Waals surface area contributed by atoms with E-state index in [1.807, 2.05) is 35.2 Å². The Morgan fingerprint density at radius 3 is 2.47 bits per heavy atom. The van der Waals surface area contributed by atoms with Gasteiger partial charge in [0.25, 0.3) is 10.1 Å². The van der Waals surface area contributed by atoms with Crippen molar-refractivity contribution in [2.75, 3.05) is 32.8 Å². The number of ether oxygens (including phenoxy) is 3. The Balaban J connectivity index is 1.23. The Morgan fingerprint density at radius 1 is 1.03 bits per heavy atom. The second kappa shape index (κ2) is 9.38. The molecule has 5 aliphatic rings. The van der Waals surface area contributed by atoms with Crippen LogP contribution in [0.25, 0.3) is 0 Å². The monoisotopic (exact) mass is 519 g/mol. The standard InChI is InChI=1S/C26H33NO8S/c28-20(16-27-11-13-32-14-12-27)33-22-18-15-19-23(22)35-36(30,31)24(19)21(18)25(29)34-26(9-5-2-6-10-26)17-7-3-1-4-8-17/h1,3-4,7-8,18-19,21-24H,2,5-6,9-16H2. The molecular weight excluding hydrogens is 486 g/mol. The van der Waals surface area contributed by atoms with Gasteiger partial charge >= 0.3 is 11.9 Å². The number of benzene rings is 1. The van der Waals surface area contributed by atoms with E-state index in [1.54, 1.807) is 0 Å². The van der Waals surface area contributed by atoms with Crippen LogP contribution in [0.15, 0.2) is 30.3 Å². The fraction of sp³-hybridized carbons (Fsp3) is 0.692. The van der Waals surface area contributed by atoms with Gasteiger partial charge in [-0.1, -0.05) is 36.8 Å². The summed E-state index contributed by atoms with van der Waals surface area (Å²) >= 11 is 0. The lowest BCUT2D eigenvalue weighted by molar-refractivity contribution is -0.178. The molecule has 0 spiro atoms. The Morgan fingerprint density at radius 2 is 1.75 bits per heavy atom. The van der Waals surface area contributed by atoms with Gasteiger partial charge in [-0.15, -0.1) is 0 Å². The van der Waals surface area contributed by atoms with Crippen LogP contribution in [0, 0.1) is 17.8 Å². The fourth-order valence-electron chi connectivity index (χ4n) is 7.16. The van der Waals surface area contributed by atoms with Crippen LogP contribution < -0.4 is 0 Å². The van der Waals surface area contributed by atoms with E-state index in [4.69, 9.17) is 18.4 Å². The zero-order valence-electron chi connectivity index (χ0n) is 20.3. The lowest BCUT2D eigenvalue weighted by Crippen LogP contribution is -2.49. The average Bonchev–Trinajstić information content (AvgIpc) is 3.49. The number of fused-ring (bicyclic) bond motifs is 1. The van der Waals surface area contributed by atoms with Crippen molar-refractivity contribution in [2.24, 2.45) is 17.8 Å². The van der Waals surface area contributed by atoms with E-state index in [1.165, 1.54) is 0 Å². The van der Waals surface area contributed by atoms with Gasteiger partial charge < -0.3 is 14.2 Å². The van der Waals surface area contributed by atoms with Gasteiger partial charge in [-0.3, -0.25) is 18.7 Å². The van der Waals surface area contributed by atoms with Gasteiger partial charge in [-0.2, -0.15) is 8.42 Å². The molecule has 6 atom stereocenters. The highest BCUT2D eigenvalue weighted by Gasteiger charge is 2.72. The highest BCUT2D eigenvalue weighted by atomic mass is 32.2. The molecule has 2 bridgehead atoms. The normalized spacial score (nSPS) is 36.4. The largest absolute Gasteiger partial charge is 0.458 e. The summed E-state index contributed by atoms with van der Waals surface area (Å²) in [4.78, 5) is 28.5. The molecule has 3 aliphatic carbocycles. The predicted octanol–water partition coefficient (Wildman–Crippen LogP) is 2.00. The fourth-order valence-corrected chi connectivity index (χ4v) is 9.22. The van der Waals surface area contributed by atoms with Gasteiger partial charge in [0.15, 0.2) is 0 Å². The van der Waals surface area contributed by atoms with Crippen LogP contribution in [0.1, 0.15) is 44.1 Å². The Bertz CT molecular complexity index is 1100. The maximum Gasteiger partial charge on any atom is 0.320 e. The topological polar surface area (TPSA) is 108 Å². The summed E-state index contributed by atoms with van der Waals surface area (Å²) in [5.74, 6) is -2.64. The minimum absolute atomic E-state index is 0.104. The van der Waals surface area contributed by atoms with Crippen molar-refractivity contribution in [3.63, 3.8) is 0 Å². The number of nitrogens with zero attached hydrogens (tertiary/aromatic N) is 1. The molecule has 1 aromatic carbocycles. The summed E-state index contributed by atoms with van der Waals surface area (Å²) in [5.41, 5.74) is 0.182. The van der Waals surface area contributed by atoms with Crippen LogP contribution in [-0.4, -0.2) is 75.6 Å². The van der Waals surface area contributed by atoms with Crippen LogP contribution in [0.2, 0.25) is 0 Å². The molecule has 10 heteroatoms. The highest BCUT2D eigenvalue weighted by Crippen LogP contribution is 2.59. The van der Waals surface area contributed by atoms with E-state index >= 15 is 0 Å². The van der Waals surface area contributed by atoms with Gasteiger partial charge in [0.2, 0.25) is 0 Å². The molecule has 9 nitrogen and oxygen atoms in total. The Labute approximate surface area is 211 Å². The SMILES string of the molecule is O=C(CN1CCOCC1)OC1C2CC3C1OS(=O)(=O)C3C2C(=O)OC1(c2ccccc2)CCCCC1. The molecule has 6 unspecified atom stereocenters. The van der Waals surface area contributed by atoms with Crippen LogP contribution >= 0.6 is 0 Å². The third-order valence-corrected chi connectivity index (χ3v) is 10.6. The first-order valence-electron chi connectivity index (χ1n) is 13.1. The summed E-state index contributed by atoms with van der Waals surface area (Å²) < 4.78 is 48.9. The molecular formula is C26H33NO8S. The quantitative estimate of drug-likeness (QED) is 0.412. The second-order valence-electron chi connectivity index (χ2n) is 10.8. The summed E-state index contributed by atoms with van der Waals surface area (Å²) in [5, 5.41) is -0.939. The molecule has 6 rings (SSSR count). The third kappa shape index (κ3) is 4.15. The van der Waals surface area contributed by atoms with E-state index in [2.05, 4.69) is 0 Å². The molecule has 36 heavy (non-hydrogen) atoms. The Kier molecular flexibility index (Phi) is 6.34. The first-order chi connectivity index (χ1) is 17.4. The van der Waals surface area contributed by atoms with Crippen LogP contribution in [-0.2, 0) is 43.7 Å². The molecule has 5 fully saturated rings. The summed E-state index contributed by atoms with van der Waals surface area (Å²) in [6.07, 6.45) is 3.35. The van der Waals surface area contributed by atoms with Crippen molar-refractivity contribution < 1.29 is 36.4 Å². The zero-order valence-corrected chi connectivity index (χ0v) is 21.1. The predicted molar refractivity (Wildman–Crippen MR) is 127 cm³/mol. The summed E-state index contributed by atoms with van der Waals surface area (Å²) in [6.45, 7) is 2.50. The number of carbonyl (C=O) groups is 2. The molecule has 1 aromatic rings.